The molecule has 0 bridgehead atoms. The second-order valence-electron chi connectivity index (χ2n) is 4.77. The largest absolute Gasteiger partial charge is 0.467 e. The van der Waals surface area contributed by atoms with Gasteiger partial charge in [0.25, 0.3) is 5.69 Å². The fourth-order valence-electron chi connectivity index (χ4n) is 2.06. The SMILES string of the molecule is O=C(CCNc1ccccc1[N+](=O)[O-])NC(CO)c1ccco1. The molecule has 2 rings (SSSR count). The molecular weight excluding hydrogens is 302 g/mol. The van der Waals surface area contributed by atoms with Gasteiger partial charge >= 0.3 is 0 Å². The number of hydrogen-bond donors (Lipinski definition) is 3. The smallest absolute Gasteiger partial charge is 0.292 e. The third-order valence-corrected chi connectivity index (χ3v) is 3.17. The minimum Gasteiger partial charge on any atom is -0.467 e. The molecule has 2 aromatic rings. The van der Waals surface area contributed by atoms with Crippen LogP contribution < -0.4 is 10.6 Å². The lowest BCUT2D eigenvalue weighted by Gasteiger charge is -2.14. The van der Waals surface area contributed by atoms with Crippen molar-refractivity contribution >= 4 is 17.3 Å². The van der Waals surface area contributed by atoms with Gasteiger partial charge in [-0.15, -0.1) is 0 Å². The molecular formula is C15H17N3O5. The predicted octanol–water partition coefficient (Wildman–Crippen LogP) is 1.84. The molecule has 1 aromatic heterocycles. The lowest BCUT2D eigenvalue weighted by molar-refractivity contribution is -0.384. The first-order valence-electron chi connectivity index (χ1n) is 7.02. The van der Waals surface area contributed by atoms with Crippen LogP contribution in [0, 0.1) is 10.1 Å². The van der Waals surface area contributed by atoms with Crippen LogP contribution in [0.3, 0.4) is 0 Å². The number of aliphatic hydroxyl groups is 1. The van der Waals surface area contributed by atoms with Crippen LogP contribution in [0.1, 0.15) is 18.2 Å². The molecule has 1 heterocycles. The van der Waals surface area contributed by atoms with E-state index < -0.39 is 11.0 Å². The second kappa shape index (κ2) is 7.95. The number of nitrogens with one attached hydrogen (secondary N) is 2. The first-order valence-corrected chi connectivity index (χ1v) is 7.02. The molecule has 1 amide bonds. The van der Waals surface area contributed by atoms with E-state index in [2.05, 4.69) is 10.6 Å². The Morgan fingerprint density at radius 2 is 2.09 bits per heavy atom. The van der Waals surface area contributed by atoms with Crippen LogP contribution in [0.25, 0.3) is 0 Å². The summed E-state index contributed by atoms with van der Waals surface area (Å²) in [4.78, 5) is 22.3. The highest BCUT2D eigenvalue weighted by Gasteiger charge is 2.16. The summed E-state index contributed by atoms with van der Waals surface area (Å²) >= 11 is 0. The summed E-state index contributed by atoms with van der Waals surface area (Å²) in [5.74, 6) is 0.166. The van der Waals surface area contributed by atoms with Gasteiger partial charge in [-0.05, 0) is 18.2 Å². The highest BCUT2D eigenvalue weighted by atomic mass is 16.6. The van der Waals surface area contributed by atoms with E-state index in [0.29, 0.717) is 11.4 Å². The first-order chi connectivity index (χ1) is 11.1. The fraction of sp³-hybridized carbons (Fsp3) is 0.267. The summed E-state index contributed by atoms with van der Waals surface area (Å²) in [5.41, 5.74) is 0.312. The monoisotopic (exact) mass is 319 g/mol. The van der Waals surface area contributed by atoms with E-state index in [9.17, 15) is 20.0 Å². The van der Waals surface area contributed by atoms with Crippen molar-refractivity contribution in [2.24, 2.45) is 0 Å². The van der Waals surface area contributed by atoms with Gasteiger partial charge in [0.1, 0.15) is 17.5 Å². The van der Waals surface area contributed by atoms with Gasteiger partial charge in [-0.2, -0.15) is 0 Å². The Morgan fingerprint density at radius 3 is 2.74 bits per heavy atom. The molecule has 3 N–H and O–H groups in total. The number of para-hydroxylation sites is 2. The maximum Gasteiger partial charge on any atom is 0.292 e. The number of aliphatic hydroxyl groups excluding tert-OH is 1. The Bertz CT molecular complexity index is 657. The summed E-state index contributed by atoms with van der Waals surface area (Å²) < 4.78 is 5.14. The molecule has 8 heteroatoms. The Hall–Kier alpha value is -2.87. The van der Waals surface area contributed by atoms with Gasteiger partial charge in [0.15, 0.2) is 0 Å². The number of nitrogens with zero attached hydrogens (tertiary/aromatic N) is 1. The van der Waals surface area contributed by atoms with Gasteiger partial charge in [0.05, 0.1) is 17.8 Å². The van der Waals surface area contributed by atoms with Crippen LogP contribution >= 0.6 is 0 Å². The number of amides is 1. The van der Waals surface area contributed by atoms with Gasteiger partial charge in [-0.25, -0.2) is 0 Å². The van der Waals surface area contributed by atoms with Crippen LogP contribution in [-0.2, 0) is 4.79 Å². The molecule has 1 atom stereocenters. The molecule has 122 valence electrons. The quantitative estimate of drug-likeness (QED) is 0.505. The number of furan rings is 1. The number of carbonyl (C=O) groups is 1. The Labute approximate surface area is 132 Å². The minimum absolute atomic E-state index is 0.0447. The molecule has 8 nitrogen and oxygen atoms in total. The van der Waals surface area contributed by atoms with Crippen molar-refractivity contribution < 1.29 is 19.2 Å². The summed E-state index contributed by atoms with van der Waals surface area (Å²) in [6.45, 7) is -0.0518. The number of anilines is 1. The molecule has 0 radical (unpaired) electrons. The lowest BCUT2D eigenvalue weighted by Crippen LogP contribution is -2.31. The van der Waals surface area contributed by atoms with Crippen LogP contribution in [-0.4, -0.2) is 29.1 Å². The van der Waals surface area contributed by atoms with E-state index in [1.165, 1.54) is 12.3 Å². The number of carbonyl (C=O) groups excluding carboxylic acids is 1. The first kappa shape index (κ1) is 16.5. The Balaban J connectivity index is 1.84. The molecule has 1 unspecified atom stereocenters. The van der Waals surface area contributed by atoms with E-state index in [0.717, 1.165) is 0 Å². The highest BCUT2D eigenvalue weighted by Crippen LogP contribution is 2.22. The van der Waals surface area contributed by atoms with Crippen molar-refractivity contribution in [3.63, 3.8) is 0 Å². The van der Waals surface area contributed by atoms with Crippen molar-refractivity contribution in [1.29, 1.82) is 0 Å². The standard InChI is InChI=1S/C15H17N3O5/c19-10-12(14-6-3-9-23-14)17-15(20)7-8-16-11-4-1-2-5-13(11)18(21)22/h1-6,9,12,16,19H,7-8,10H2,(H,17,20). The molecule has 0 aliphatic rings. The number of benzene rings is 1. The van der Waals surface area contributed by atoms with E-state index in [4.69, 9.17) is 4.42 Å². The molecule has 0 saturated heterocycles. The second-order valence-corrected chi connectivity index (χ2v) is 4.77. The van der Waals surface area contributed by atoms with Crippen LogP contribution in [0.15, 0.2) is 47.1 Å². The van der Waals surface area contributed by atoms with Crippen LogP contribution in [0.2, 0.25) is 0 Å². The third kappa shape index (κ3) is 4.55. The predicted molar refractivity (Wildman–Crippen MR) is 82.9 cm³/mol. The minimum atomic E-state index is -0.608. The van der Waals surface area contributed by atoms with Gasteiger partial charge < -0.3 is 20.2 Å². The van der Waals surface area contributed by atoms with Crippen molar-refractivity contribution in [2.75, 3.05) is 18.5 Å². The van der Waals surface area contributed by atoms with Crippen LogP contribution in [0.4, 0.5) is 11.4 Å². The van der Waals surface area contributed by atoms with E-state index >= 15 is 0 Å². The Morgan fingerprint density at radius 1 is 1.30 bits per heavy atom. The normalized spacial score (nSPS) is 11.7. The third-order valence-electron chi connectivity index (χ3n) is 3.17. The number of nitro benzene ring substituents is 1. The molecule has 0 saturated carbocycles. The number of nitro groups is 1. The van der Waals surface area contributed by atoms with Crippen molar-refractivity contribution in [3.05, 3.63) is 58.5 Å². The van der Waals surface area contributed by atoms with Crippen molar-refractivity contribution in [2.45, 2.75) is 12.5 Å². The van der Waals surface area contributed by atoms with Crippen molar-refractivity contribution in [1.82, 2.24) is 5.32 Å². The molecule has 0 aliphatic carbocycles. The molecule has 0 fully saturated rings. The zero-order chi connectivity index (χ0) is 16.7. The molecule has 1 aromatic carbocycles. The maximum atomic E-state index is 11.9. The van der Waals surface area contributed by atoms with Gasteiger partial charge in [0, 0.05) is 19.0 Å². The molecule has 0 aliphatic heterocycles. The van der Waals surface area contributed by atoms with Gasteiger partial charge in [-0.1, -0.05) is 12.1 Å². The summed E-state index contributed by atoms with van der Waals surface area (Å²) in [6.07, 6.45) is 1.56. The lowest BCUT2D eigenvalue weighted by atomic mass is 10.2. The summed E-state index contributed by atoms with van der Waals surface area (Å²) in [6, 6.07) is 8.94. The molecule has 0 spiro atoms. The van der Waals surface area contributed by atoms with Gasteiger partial charge in [0.2, 0.25) is 5.91 Å². The summed E-state index contributed by atoms with van der Waals surface area (Å²) in [5, 5.41) is 25.7. The Kier molecular flexibility index (Phi) is 5.70. The zero-order valence-corrected chi connectivity index (χ0v) is 12.3. The van der Waals surface area contributed by atoms with Gasteiger partial charge in [-0.3, -0.25) is 14.9 Å². The van der Waals surface area contributed by atoms with E-state index in [-0.39, 0.29) is 31.2 Å². The van der Waals surface area contributed by atoms with E-state index in [1.807, 2.05) is 0 Å². The topological polar surface area (TPSA) is 118 Å². The highest BCUT2D eigenvalue weighted by molar-refractivity contribution is 5.77. The van der Waals surface area contributed by atoms with Crippen molar-refractivity contribution in [3.8, 4) is 0 Å². The average Bonchev–Trinajstić information content (AvgIpc) is 3.07. The number of hydrogen-bond acceptors (Lipinski definition) is 6. The van der Waals surface area contributed by atoms with E-state index in [1.54, 1.807) is 30.3 Å². The van der Waals surface area contributed by atoms with Crippen LogP contribution in [0.5, 0.6) is 0 Å². The zero-order valence-electron chi connectivity index (χ0n) is 12.3. The summed E-state index contributed by atoms with van der Waals surface area (Å²) in [7, 11) is 0. The fourth-order valence-corrected chi connectivity index (χ4v) is 2.06. The average molecular weight is 319 g/mol. The maximum absolute atomic E-state index is 11.9. The molecule has 23 heavy (non-hydrogen) atoms. The number of rotatable bonds is 8.